The molecule has 0 N–H and O–H groups in total. The molecule has 0 fully saturated rings. The summed E-state index contributed by atoms with van der Waals surface area (Å²) in [5.41, 5.74) is 12.7. The van der Waals surface area contributed by atoms with Gasteiger partial charge in [0, 0.05) is 35.6 Å². The lowest BCUT2D eigenvalue weighted by atomic mass is 10.1. The van der Waals surface area contributed by atoms with Crippen molar-refractivity contribution in [1.82, 2.24) is 38.6 Å². The predicted octanol–water partition coefficient (Wildman–Crippen LogP) is 9.60. The van der Waals surface area contributed by atoms with Crippen LogP contribution >= 0.6 is 0 Å². The maximum absolute atomic E-state index is 5.42. The molecule has 0 spiro atoms. The molecule has 0 amide bonds. The van der Waals surface area contributed by atoms with Crippen LogP contribution in [0.5, 0.6) is 0 Å². The fourth-order valence-electron chi connectivity index (χ4n) is 7.31. The van der Waals surface area contributed by atoms with E-state index in [4.69, 9.17) is 15.0 Å². The third-order valence-corrected chi connectivity index (χ3v) is 9.57. The molecule has 10 rings (SSSR count). The van der Waals surface area contributed by atoms with E-state index in [2.05, 4.69) is 98.2 Å². The van der Waals surface area contributed by atoms with Crippen LogP contribution in [0.15, 0.2) is 146 Å². The number of aromatic nitrogens is 8. The Kier molecular flexibility index (Phi) is 6.44. The zero-order valence-corrected chi connectivity index (χ0v) is 27.9. The maximum atomic E-state index is 5.42. The molecule has 0 atom stereocenters. The van der Waals surface area contributed by atoms with Gasteiger partial charge in [0.05, 0.1) is 50.2 Å². The van der Waals surface area contributed by atoms with E-state index >= 15 is 0 Å². The molecule has 4 aromatic carbocycles. The first-order chi connectivity index (χ1) is 25.1. The van der Waals surface area contributed by atoms with E-state index in [1.807, 2.05) is 85.5 Å². The van der Waals surface area contributed by atoms with Crippen LogP contribution in [0.1, 0.15) is 11.1 Å². The minimum atomic E-state index is 0.720. The monoisotopic (exact) mass is 658 g/mol. The van der Waals surface area contributed by atoms with E-state index in [1.165, 1.54) is 21.9 Å². The summed E-state index contributed by atoms with van der Waals surface area (Å²) in [6, 6.07) is 42.1. The van der Waals surface area contributed by atoms with Crippen LogP contribution in [0.2, 0.25) is 0 Å². The van der Waals surface area contributed by atoms with Crippen molar-refractivity contribution in [3.05, 3.63) is 157 Å². The third kappa shape index (κ3) is 4.64. The Hall–Kier alpha value is -6.93. The Balaban J connectivity index is 1.34. The Morgan fingerprint density at radius 3 is 1.31 bits per heavy atom. The fraction of sp³-hybridized carbons (Fsp3) is 0.0465. The average Bonchev–Trinajstić information content (AvgIpc) is 3.85. The third-order valence-electron chi connectivity index (χ3n) is 9.57. The van der Waals surface area contributed by atoms with Gasteiger partial charge in [0.2, 0.25) is 0 Å². The van der Waals surface area contributed by atoms with E-state index in [1.54, 1.807) is 0 Å². The second-order valence-corrected chi connectivity index (χ2v) is 12.9. The highest BCUT2D eigenvalue weighted by Gasteiger charge is 2.23. The van der Waals surface area contributed by atoms with Gasteiger partial charge < -0.3 is 4.57 Å². The van der Waals surface area contributed by atoms with Crippen molar-refractivity contribution in [2.45, 2.75) is 13.8 Å². The number of nitrogens with zero attached hydrogens (tertiary/aromatic N) is 8. The Morgan fingerprint density at radius 2 is 0.843 bits per heavy atom. The Morgan fingerprint density at radius 1 is 0.392 bits per heavy atom. The molecule has 0 saturated carbocycles. The second-order valence-electron chi connectivity index (χ2n) is 12.9. The highest BCUT2D eigenvalue weighted by atomic mass is 15.1. The number of rotatable bonds is 5. The van der Waals surface area contributed by atoms with Crippen molar-refractivity contribution in [3.63, 3.8) is 0 Å². The van der Waals surface area contributed by atoms with Gasteiger partial charge in [0.15, 0.2) is 11.6 Å². The van der Waals surface area contributed by atoms with E-state index in [-0.39, 0.29) is 0 Å². The normalized spacial score (nSPS) is 11.7. The quantitative estimate of drug-likeness (QED) is 0.184. The number of pyridine rings is 3. The van der Waals surface area contributed by atoms with Gasteiger partial charge in [-0.15, -0.1) is 0 Å². The van der Waals surface area contributed by atoms with Crippen molar-refractivity contribution in [2.24, 2.45) is 0 Å². The number of benzene rings is 4. The van der Waals surface area contributed by atoms with Gasteiger partial charge in [-0.2, -0.15) is 0 Å². The van der Waals surface area contributed by atoms with Crippen LogP contribution in [-0.4, -0.2) is 38.6 Å². The lowest BCUT2D eigenvalue weighted by molar-refractivity contribution is 1.04. The molecular formula is C43H30N8. The van der Waals surface area contributed by atoms with Gasteiger partial charge in [0.1, 0.15) is 11.4 Å². The molecule has 242 valence electrons. The molecule has 0 aliphatic rings. The van der Waals surface area contributed by atoms with Crippen LogP contribution in [-0.2, 0) is 0 Å². The van der Waals surface area contributed by atoms with Crippen LogP contribution in [0.4, 0.5) is 0 Å². The van der Waals surface area contributed by atoms with Crippen LogP contribution in [0.25, 0.3) is 84.0 Å². The first-order valence-electron chi connectivity index (χ1n) is 16.9. The zero-order valence-electron chi connectivity index (χ0n) is 27.9. The molecule has 0 unspecified atom stereocenters. The Labute approximate surface area is 293 Å². The molecule has 0 aliphatic heterocycles. The summed E-state index contributed by atoms with van der Waals surface area (Å²) in [7, 11) is 0. The molecule has 0 saturated heterocycles. The number of para-hydroxylation sites is 4. The van der Waals surface area contributed by atoms with Crippen molar-refractivity contribution >= 4 is 43.9 Å². The van der Waals surface area contributed by atoms with Crippen LogP contribution < -0.4 is 0 Å². The predicted molar refractivity (Wildman–Crippen MR) is 204 cm³/mol. The minimum Gasteiger partial charge on any atom is -0.309 e. The van der Waals surface area contributed by atoms with Crippen LogP contribution in [0, 0.1) is 13.8 Å². The fourth-order valence-corrected chi connectivity index (χ4v) is 7.31. The zero-order chi connectivity index (χ0) is 34.1. The SMILES string of the molecule is Cc1ccc2c(c1)c1cc(C)ccc1n2-c1cc(-c2nc3ccccc3n2-c2ccncc2)nc(-c2nc3ccccc3n2-c2ccncc2)c1. The summed E-state index contributed by atoms with van der Waals surface area (Å²) in [4.78, 5) is 24.5. The van der Waals surface area contributed by atoms with Gasteiger partial charge in [0.25, 0.3) is 0 Å². The summed E-state index contributed by atoms with van der Waals surface area (Å²) < 4.78 is 6.67. The smallest absolute Gasteiger partial charge is 0.164 e. The minimum absolute atomic E-state index is 0.720. The molecular weight excluding hydrogens is 629 g/mol. The molecule has 8 nitrogen and oxygen atoms in total. The van der Waals surface area contributed by atoms with Gasteiger partial charge >= 0.3 is 0 Å². The summed E-state index contributed by atoms with van der Waals surface area (Å²) in [5, 5.41) is 2.42. The number of hydrogen-bond donors (Lipinski definition) is 0. The van der Waals surface area contributed by atoms with E-state index in [9.17, 15) is 0 Å². The van der Waals surface area contributed by atoms with Crippen molar-refractivity contribution in [1.29, 1.82) is 0 Å². The Bertz CT molecular complexity index is 2740. The molecule has 51 heavy (non-hydrogen) atoms. The van der Waals surface area contributed by atoms with Gasteiger partial charge in [-0.3, -0.25) is 19.1 Å². The number of hydrogen-bond acceptors (Lipinski definition) is 5. The number of fused-ring (bicyclic) bond motifs is 5. The molecule has 6 aromatic heterocycles. The first kappa shape index (κ1) is 29.0. The summed E-state index contributed by atoms with van der Waals surface area (Å²) in [6.07, 6.45) is 7.23. The first-order valence-corrected chi connectivity index (χ1v) is 16.9. The largest absolute Gasteiger partial charge is 0.309 e. The van der Waals surface area contributed by atoms with Crippen molar-refractivity contribution < 1.29 is 0 Å². The van der Waals surface area contributed by atoms with Gasteiger partial charge in [-0.25, -0.2) is 15.0 Å². The summed E-state index contributed by atoms with van der Waals surface area (Å²) in [6.45, 7) is 4.29. The number of aryl methyl sites for hydroxylation is 2. The summed E-state index contributed by atoms with van der Waals surface area (Å²) in [5.74, 6) is 1.45. The highest BCUT2D eigenvalue weighted by Crippen LogP contribution is 2.37. The molecule has 0 aliphatic carbocycles. The van der Waals surface area contributed by atoms with E-state index in [0.29, 0.717) is 0 Å². The van der Waals surface area contributed by atoms with Gasteiger partial charge in [-0.05, 0) is 98.8 Å². The highest BCUT2D eigenvalue weighted by molar-refractivity contribution is 6.10. The maximum Gasteiger partial charge on any atom is 0.164 e. The molecule has 0 radical (unpaired) electrons. The lowest BCUT2D eigenvalue weighted by Gasteiger charge is -2.15. The molecule has 6 heterocycles. The molecule has 8 heteroatoms. The van der Waals surface area contributed by atoms with Crippen molar-refractivity contribution in [3.8, 4) is 40.1 Å². The van der Waals surface area contributed by atoms with Gasteiger partial charge in [-0.1, -0.05) is 47.5 Å². The standard InChI is InChI=1S/C43H30N8/c1-27-11-13-38-32(23-27)33-24-28(2)12-14-39(33)49(38)31-25-36(42-47-34-7-3-5-9-40(34)50(42)29-15-19-44-20-16-29)46-37(26-31)43-48-35-8-4-6-10-41(35)51(43)30-17-21-45-22-18-30/h3-26H,1-2H3. The number of imidazole rings is 2. The molecule has 0 bridgehead atoms. The lowest BCUT2D eigenvalue weighted by Crippen LogP contribution is -2.05. The van der Waals surface area contributed by atoms with Crippen LogP contribution in [0.3, 0.4) is 0 Å². The summed E-state index contributed by atoms with van der Waals surface area (Å²) >= 11 is 0. The average molecular weight is 659 g/mol. The topological polar surface area (TPSA) is 79.2 Å². The second kappa shape index (κ2) is 11.3. The van der Waals surface area contributed by atoms with E-state index < -0.39 is 0 Å². The molecule has 10 aromatic rings. The van der Waals surface area contributed by atoms with Crippen molar-refractivity contribution in [2.75, 3.05) is 0 Å². The van der Waals surface area contributed by atoms with E-state index in [0.717, 1.165) is 73.2 Å².